The van der Waals surface area contributed by atoms with Crippen molar-refractivity contribution in [1.29, 1.82) is 0 Å². The molecule has 0 N–H and O–H groups in total. The maximum atomic E-state index is 14.3. The Hall–Kier alpha value is -2.42. The van der Waals surface area contributed by atoms with Crippen molar-refractivity contribution in [2.45, 2.75) is 6.92 Å². The van der Waals surface area contributed by atoms with Crippen molar-refractivity contribution >= 4 is 0 Å². The lowest BCUT2D eigenvalue weighted by Crippen LogP contribution is -1.83. The average Bonchev–Trinajstić information content (AvgIpc) is 2.83. The van der Waals surface area contributed by atoms with Crippen molar-refractivity contribution in [3.05, 3.63) is 66.0 Å². The first-order chi connectivity index (χ1) is 9.25. The summed E-state index contributed by atoms with van der Waals surface area (Å²) < 4.78 is 19.5. The highest BCUT2D eigenvalue weighted by molar-refractivity contribution is 5.67. The second kappa shape index (κ2) is 4.69. The Morgan fingerprint density at radius 1 is 0.895 bits per heavy atom. The highest BCUT2D eigenvalue weighted by Gasteiger charge is 2.18. The number of halogens is 1. The summed E-state index contributed by atoms with van der Waals surface area (Å²) in [5.41, 5.74) is 2.77. The molecule has 0 radical (unpaired) electrons. The average molecular weight is 253 g/mol. The van der Waals surface area contributed by atoms with Gasteiger partial charge in [0, 0.05) is 11.1 Å². The number of rotatable bonds is 2. The highest BCUT2D eigenvalue weighted by Crippen LogP contribution is 2.30. The van der Waals surface area contributed by atoms with Crippen LogP contribution >= 0.6 is 0 Å². The monoisotopic (exact) mass is 253 g/mol. The zero-order valence-electron chi connectivity index (χ0n) is 10.4. The number of benzene rings is 2. The molecule has 0 atom stereocenters. The predicted molar refractivity (Wildman–Crippen MR) is 72.1 cm³/mol. The number of aromatic nitrogens is 1. The molecule has 0 spiro atoms. The minimum absolute atomic E-state index is 0.179. The predicted octanol–water partition coefficient (Wildman–Crippen LogP) is 4.46. The van der Waals surface area contributed by atoms with E-state index in [2.05, 4.69) is 5.16 Å². The summed E-state index contributed by atoms with van der Waals surface area (Å²) in [6.45, 7) is 1.98. The minimum Gasteiger partial charge on any atom is -0.352 e. The fourth-order valence-electron chi connectivity index (χ4n) is 1.94. The number of hydrogen-bond acceptors (Lipinski definition) is 2. The van der Waals surface area contributed by atoms with E-state index in [4.69, 9.17) is 4.52 Å². The van der Waals surface area contributed by atoms with Crippen LogP contribution in [0.15, 0.2) is 59.1 Å². The summed E-state index contributed by atoms with van der Waals surface area (Å²) in [6.07, 6.45) is 0. The van der Waals surface area contributed by atoms with Gasteiger partial charge >= 0.3 is 0 Å². The lowest BCUT2D eigenvalue weighted by molar-refractivity contribution is 0.429. The normalized spacial score (nSPS) is 10.6. The maximum absolute atomic E-state index is 14.3. The Balaban J connectivity index is 2.06. The Labute approximate surface area is 110 Å². The zero-order chi connectivity index (χ0) is 13.2. The van der Waals surface area contributed by atoms with Crippen LogP contribution in [0, 0.1) is 12.7 Å². The van der Waals surface area contributed by atoms with Crippen LogP contribution in [-0.2, 0) is 0 Å². The molecule has 0 aliphatic carbocycles. The second-order valence-corrected chi connectivity index (χ2v) is 4.41. The Bertz CT molecular complexity index is 687. The van der Waals surface area contributed by atoms with Gasteiger partial charge in [-0.2, -0.15) is 0 Å². The third-order valence-corrected chi connectivity index (χ3v) is 3.00. The lowest BCUT2D eigenvalue weighted by atomic mass is 10.1. The summed E-state index contributed by atoms with van der Waals surface area (Å²) in [4.78, 5) is 0. The van der Waals surface area contributed by atoms with E-state index in [1.807, 2.05) is 49.4 Å². The third kappa shape index (κ3) is 2.15. The fourth-order valence-corrected chi connectivity index (χ4v) is 1.94. The first-order valence-corrected chi connectivity index (χ1v) is 6.03. The molecule has 19 heavy (non-hydrogen) atoms. The summed E-state index contributed by atoms with van der Waals surface area (Å²) in [7, 11) is 0. The van der Waals surface area contributed by atoms with E-state index >= 15 is 0 Å². The van der Waals surface area contributed by atoms with E-state index in [1.165, 1.54) is 0 Å². The van der Waals surface area contributed by atoms with Gasteiger partial charge in [0.05, 0.1) is 0 Å². The Morgan fingerprint density at radius 2 is 1.58 bits per heavy atom. The molecule has 1 heterocycles. The van der Waals surface area contributed by atoms with E-state index < -0.39 is 5.82 Å². The van der Waals surface area contributed by atoms with Crippen molar-refractivity contribution in [3.63, 3.8) is 0 Å². The van der Waals surface area contributed by atoms with Crippen LogP contribution in [0.5, 0.6) is 0 Å². The molecule has 0 saturated heterocycles. The molecular formula is C16H12FNO. The lowest BCUT2D eigenvalue weighted by Gasteiger charge is -1.97. The number of nitrogens with zero attached hydrogens (tertiary/aromatic N) is 1. The Morgan fingerprint density at radius 3 is 2.26 bits per heavy atom. The van der Waals surface area contributed by atoms with Crippen LogP contribution in [0.4, 0.5) is 4.39 Å². The van der Waals surface area contributed by atoms with Crippen molar-refractivity contribution in [2.75, 3.05) is 0 Å². The number of aryl methyl sites for hydroxylation is 1. The van der Waals surface area contributed by atoms with Gasteiger partial charge in [-0.25, -0.2) is 4.39 Å². The van der Waals surface area contributed by atoms with E-state index in [1.54, 1.807) is 12.1 Å². The van der Waals surface area contributed by atoms with Crippen LogP contribution in [-0.4, -0.2) is 5.16 Å². The summed E-state index contributed by atoms with van der Waals surface area (Å²) >= 11 is 0. The van der Waals surface area contributed by atoms with Crippen molar-refractivity contribution in [1.82, 2.24) is 5.16 Å². The smallest absolute Gasteiger partial charge is 0.203 e. The SMILES string of the molecule is Cc1ccc(-c2onc(-c3ccccc3)c2F)cc1. The molecule has 94 valence electrons. The molecule has 2 nitrogen and oxygen atoms in total. The quantitative estimate of drug-likeness (QED) is 0.674. The molecular weight excluding hydrogens is 241 g/mol. The molecule has 0 aliphatic heterocycles. The molecule has 0 bridgehead atoms. The summed E-state index contributed by atoms with van der Waals surface area (Å²) in [6, 6.07) is 16.7. The fraction of sp³-hybridized carbons (Fsp3) is 0.0625. The van der Waals surface area contributed by atoms with E-state index in [0.29, 0.717) is 11.1 Å². The van der Waals surface area contributed by atoms with Crippen LogP contribution in [0.2, 0.25) is 0 Å². The van der Waals surface area contributed by atoms with E-state index in [-0.39, 0.29) is 11.5 Å². The van der Waals surface area contributed by atoms with Gasteiger partial charge in [0.15, 0.2) is 5.82 Å². The van der Waals surface area contributed by atoms with Gasteiger partial charge in [-0.1, -0.05) is 65.3 Å². The molecule has 1 aromatic heterocycles. The molecule has 0 fully saturated rings. The Kier molecular flexibility index (Phi) is 2.88. The first kappa shape index (κ1) is 11.7. The molecule has 0 amide bonds. The molecule has 2 aromatic carbocycles. The van der Waals surface area contributed by atoms with Crippen molar-refractivity contribution in [2.24, 2.45) is 0 Å². The van der Waals surface area contributed by atoms with Crippen LogP contribution in [0.1, 0.15) is 5.56 Å². The van der Waals surface area contributed by atoms with Crippen LogP contribution in [0.3, 0.4) is 0 Å². The van der Waals surface area contributed by atoms with Gasteiger partial charge in [-0.15, -0.1) is 0 Å². The minimum atomic E-state index is -0.421. The number of hydrogen-bond donors (Lipinski definition) is 0. The van der Waals surface area contributed by atoms with Gasteiger partial charge in [0.2, 0.25) is 5.76 Å². The molecule has 3 aromatic rings. The largest absolute Gasteiger partial charge is 0.352 e. The maximum Gasteiger partial charge on any atom is 0.203 e. The van der Waals surface area contributed by atoms with Crippen molar-refractivity contribution < 1.29 is 8.91 Å². The van der Waals surface area contributed by atoms with Gasteiger partial charge in [-0.05, 0) is 6.92 Å². The van der Waals surface area contributed by atoms with Crippen molar-refractivity contribution in [3.8, 4) is 22.6 Å². The van der Waals surface area contributed by atoms with E-state index in [0.717, 1.165) is 5.56 Å². The third-order valence-electron chi connectivity index (χ3n) is 3.00. The highest BCUT2D eigenvalue weighted by atomic mass is 19.1. The molecule has 0 unspecified atom stereocenters. The van der Waals surface area contributed by atoms with Crippen LogP contribution in [0.25, 0.3) is 22.6 Å². The van der Waals surface area contributed by atoms with Gasteiger partial charge < -0.3 is 4.52 Å². The topological polar surface area (TPSA) is 26.0 Å². The van der Waals surface area contributed by atoms with Crippen LogP contribution < -0.4 is 0 Å². The van der Waals surface area contributed by atoms with E-state index in [9.17, 15) is 4.39 Å². The van der Waals surface area contributed by atoms with Gasteiger partial charge in [0.1, 0.15) is 5.69 Å². The molecule has 0 saturated carbocycles. The molecule has 0 aliphatic rings. The van der Waals surface area contributed by atoms with Gasteiger partial charge in [0.25, 0.3) is 0 Å². The standard InChI is InChI=1S/C16H12FNO/c1-11-7-9-13(10-8-11)16-14(17)15(18-19-16)12-5-3-2-4-6-12/h2-10H,1H3. The molecule has 3 heteroatoms. The summed E-state index contributed by atoms with van der Waals surface area (Å²) in [5.74, 6) is -0.242. The zero-order valence-corrected chi connectivity index (χ0v) is 10.4. The summed E-state index contributed by atoms with van der Waals surface area (Å²) in [5, 5.41) is 3.83. The van der Waals surface area contributed by atoms with Gasteiger partial charge in [-0.3, -0.25) is 0 Å². The first-order valence-electron chi connectivity index (χ1n) is 6.03. The second-order valence-electron chi connectivity index (χ2n) is 4.41. The molecule has 3 rings (SSSR count).